The minimum Gasteiger partial charge on any atom is -0.345 e. The molecule has 0 unspecified atom stereocenters. The number of benzene rings is 2. The summed E-state index contributed by atoms with van der Waals surface area (Å²) in [5, 5.41) is 3.30. The maximum Gasteiger partial charge on any atom is 0.266 e. The van der Waals surface area contributed by atoms with Crippen LogP contribution < -0.4 is 10.9 Å². The number of pyridine rings is 1. The van der Waals surface area contributed by atoms with Crippen LogP contribution in [0.5, 0.6) is 0 Å². The summed E-state index contributed by atoms with van der Waals surface area (Å²) in [6.45, 7) is -0.117. The molecule has 8 nitrogen and oxygen atoms in total. The summed E-state index contributed by atoms with van der Waals surface area (Å²) in [4.78, 5) is 47.1. The molecule has 0 saturated heterocycles. The molecule has 10 heteroatoms. The van der Waals surface area contributed by atoms with E-state index in [0.29, 0.717) is 22.2 Å². The second-order valence-corrected chi connectivity index (χ2v) is 8.30. The van der Waals surface area contributed by atoms with E-state index in [1.165, 1.54) is 23.5 Å². The molecule has 0 bridgehead atoms. The monoisotopic (exact) mass is 501 g/mol. The second-order valence-electron chi connectivity index (χ2n) is 8.30. The van der Waals surface area contributed by atoms with Gasteiger partial charge in [-0.3, -0.25) is 23.9 Å². The molecule has 1 N–H and O–H groups in total. The summed E-state index contributed by atoms with van der Waals surface area (Å²) in [6, 6.07) is 10.4. The first-order valence-electron chi connectivity index (χ1n) is 11.1. The van der Waals surface area contributed by atoms with Crippen molar-refractivity contribution >= 4 is 22.7 Å². The second kappa shape index (κ2) is 10.8. The number of carbonyl (C=O) groups is 2. The molecule has 2 aromatic heterocycles. The smallest absolute Gasteiger partial charge is 0.266 e. The largest absolute Gasteiger partial charge is 0.345 e. The Morgan fingerprint density at radius 1 is 1.05 bits per heavy atom. The van der Waals surface area contributed by atoms with E-state index in [9.17, 15) is 23.2 Å². The Kier molecular flexibility index (Phi) is 7.34. The van der Waals surface area contributed by atoms with Gasteiger partial charge in [0.15, 0.2) is 11.6 Å². The van der Waals surface area contributed by atoms with E-state index >= 15 is 0 Å². The predicted octanol–water partition coefficient (Wildman–Crippen LogP) is 2.60. The highest BCUT2D eigenvalue weighted by Crippen LogP contribution is 2.16. The Morgan fingerprint density at radius 2 is 1.86 bits per heavy atom. The summed E-state index contributed by atoms with van der Waals surface area (Å²) in [5.74, 6) is 2.91. The number of nitrogens with one attached hydrogen (secondary N) is 1. The van der Waals surface area contributed by atoms with Crippen LogP contribution in [0, 0.1) is 23.5 Å². The molecule has 2 heterocycles. The highest BCUT2D eigenvalue weighted by molar-refractivity contribution is 5.97. The fourth-order valence-electron chi connectivity index (χ4n) is 3.50. The molecule has 0 aliphatic carbocycles. The molecule has 0 saturated carbocycles. The molecular weight excluding hydrogens is 480 g/mol. The molecule has 186 valence electrons. The van der Waals surface area contributed by atoms with Gasteiger partial charge < -0.3 is 10.2 Å². The van der Waals surface area contributed by atoms with Crippen LogP contribution in [0.25, 0.3) is 10.9 Å². The van der Waals surface area contributed by atoms with Gasteiger partial charge in [0.25, 0.3) is 17.4 Å². The number of rotatable bonds is 5. The summed E-state index contributed by atoms with van der Waals surface area (Å²) < 4.78 is 27.7. The van der Waals surface area contributed by atoms with Gasteiger partial charge in [0.2, 0.25) is 0 Å². The highest BCUT2D eigenvalue weighted by atomic mass is 19.2. The zero-order valence-corrected chi connectivity index (χ0v) is 20.0. The lowest BCUT2D eigenvalue weighted by Gasteiger charge is -2.10. The Balaban J connectivity index is 1.44. The predicted molar refractivity (Wildman–Crippen MR) is 133 cm³/mol. The van der Waals surface area contributed by atoms with E-state index in [-0.39, 0.29) is 24.6 Å². The molecule has 0 spiro atoms. The Bertz CT molecular complexity index is 1640. The quantitative estimate of drug-likeness (QED) is 0.424. The molecule has 2 amide bonds. The van der Waals surface area contributed by atoms with E-state index in [1.807, 2.05) is 0 Å². The summed E-state index contributed by atoms with van der Waals surface area (Å²) in [6.07, 6.45) is 3.87. The maximum absolute atomic E-state index is 13.5. The van der Waals surface area contributed by atoms with Crippen molar-refractivity contribution in [1.29, 1.82) is 0 Å². The lowest BCUT2D eigenvalue weighted by molar-refractivity contribution is 0.0827. The highest BCUT2D eigenvalue weighted by Gasteiger charge is 2.13. The number of halogens is 2. The van der Waals surface area contributed by atoms with Crippen molar-refractivity contribution in [3.05, 3.63) is 105 Å². The van der Waals surface area contributed by atoms with Gasteiger partial charge in [0, 0.05) is 37.4 Å². The van der Waals surface area contributed by atoms with Gasteiger partial charge in [-0.25, -0.2) is 13.8 Å². The normalized spacial score (nSPS) is 10.5. The fourth-order valence-corrected chi connectivity index (χ4v) is 3.50. The van der Waals surface area contributed by atoms with Crippen molar-refractivity contribution in [3.63, 3.8) is 0 Å². The first kappa shape index (κ1) is 25.2. The van der Waals surface area contributed by atoms with Crippen molar-refractivity contribution < 1.29 is 18.4 Å². The van der Waals surface area contributed by atoms with Gasteiger partial charge in [-0.2, -0.15) is 0 Å². The number of aromatic nitrogens is 3. The fraction of sp³-hybridized carbons (Fsp3) is 0.148. The third-order valence-electron chi connectivity index (χ3n) is 5.39. The van der Waals surface area contributed by atoms with Gasteiger partial charge in [-0.15, -0.1) is 0 Å². The third-order valence-corrected chi connectivity index (χ3v) is 5.39. The van der Waals surface area contributed by atoms with Gasteiger partial charge in [0.05, 0.1) is 30.5 Å². The van der Waals surface area contributed by atoms with E-state index in [4.69, 9.17) is 0 Å². The first-order chi connectivity index (χ1) is 17.7. The standard InChI is InChI=1S/C27H21F2N5O3/c1-33(2)26(36)20-12-19-10-17(6-8-24(19)32-13-20)4-3-9-31-25(35)21-14-30-16-34(27(21)37)15-18-5-7-22(28)23(29)11-18/h5-8,10-14,16H,9,15H2,1-2H3,(H,31,35). The molecule has 4 aromatic rings. The molecule has 2 aromatic carbocycles. The maximum atomic E-state index is 13.5. The zero-order chi connectivity index (χ0) is 26.5. The summed E-state index contributed by atoms with van der Waals surface area (Å²) in [7, 11) is 3.33. The molecule has 0 aliphatic rings. The van der Waals surface area contributed by atoms with E-state index in [2.05, 4.69) is 27.1 Å². The molecule has 37 heavy (non-hydrogen) atoms. The third kappa shape index (κ3) is 5.85. The van der Waals surface area contributed by atoms with Crippen LogP contribution in [-0.4, -0.2) is 51.9 Å². The molecule has 0 atom stereocenters. The van der Waals surface area contributed by atoms with Crippen LogP contribution >= 0.6 is 0 Å². The Morgan fingerprint density at radius 3 is 2.62 bits per heavy atom. The van der Waals surface area contributed by atoms with E-state index in [0.717, 1.165) is 28.3 Å². The van der Waals surface area contributed by atoms with Crippen LogP contribution in [0.1, 0.15) is 31.8 Å². The van der Waals surface area contributed by atoms with Crippen LogP contribution in [0.4, 0.5) is 8.78 Å². The van der Waals surface area contributed by atoms with Crippen molar-refractivity contribution in [1.82, 2.24) is 24.8 Å². The molecule has 0 radical (unpaired) electrons. The van der Waals surface area contributed by atoms with Crippen molar-refractivity contribution in [2.24, 2.45) is 0 Å². The van der Waals surface area contributed by atoms with Crippen molar-refractivity contribution in [3.8, 4) is 11.8 Å². The van der Waals surface area contributed by atoms with Crippen molar-refractivity contribution in [2.45, 2.75) is 6.54 Å². The lowest BCUT2D eigenvalue weighted by atomic mass is 10.1. The first-order valence-corrected chi connectivity index (χ1v) is 11.1. The SMILES string of the molecule is CN(C)C(=O)c1cnc2ccc(C#CCNC(=O)c3cncn(Cc4ccc(F)c(F)c4)c3=O)cc2c1. The van der Waals surface area contributed by atoms with Crippen LogP contribution in [0.3, 0.4) is 0 Å². The Labute approximate surface area is 210 Å². The van der Waals surface area contributed by atoms with Gasteiger partial charge in [0.1, 0.15) is 5.56 Å². The van der Waals surface area contributed by atoms with E-state index < -0.39 is 23.1 Å². The molecule has 0 fully saturated rings. The van der Waals surface area contributed by atoms with Gasteiger partial charge in [-0.05, 0) is 42.0 Å². The summed E-state index contributed by atoms with van der Waals surface area (Å²) in [5.41, 5.74) is 1.34. The summed E-state index contributed by atoms with van der Waals surface area (Å²) >= 11 is 0. The number of nitrogens with zero attached hydrogens (tertiary/aromatic N) is 4. The van der Waals surface area contributed by atoms with Crippen LogP contribution in [0.15, 0.2) is 66.0 Å². The molecule has 4 rings (SSSR count). The number of carbonyl (C=O) groups excluding carboxylic acids is 2. The average Bonchev–Trinajstić information content (AvgIpc) is 2.88. The molecular formula is C27H21F2N5O3. The molecule has 0 aliphatic heterocycles. The Hall–Kier alpha value is -4.91. The van der Waals surface area contributed by atoms with Gasteiger partial charge in [-0.1, -0.05) is 17.9 Å². The number of hydrogen-bond donors (Lipinski definition) is 1. The van der Waals surface area contributed by atoms with Crippen LogP contribution in [-0.2, 0) is 6.54 Å². The topological polar surface area (TPSA) is 97.2 Å². The van der Waals surface area contributed by atoms with Crippen molar-refractivity contribution in [2.75, 3.05) is 20.6 Å². The minimum atomic E-state index is -1.03. The average molecular weight is 501 g/mol. The number of hydrogen-bond acceptors (Lipinski definition) is 5. The van der Waals surface area contributed by atoms with E-state index in [1.54, 1.807) is 38.4 Å². The van der Waals surface area contributed by atoms with Gasteiger partial charge >= 0.3 is 0 Å². The number of amides is 2. The minimum absolute atomic E-state index is 0.0359. The number of fused-ring (bicyclic) bond motifs is 1. The van der Waals surface area contributed by atoms with Crippen LogP contribution in [0.2, 0.25) is 0 Å². The lowest BCUT2D eigenvalue weighted by Crippen LogP contribution is -2.33. The zero-order valence-electron chi connectivity index (χ0n) is 20.0.